The van der Waals surface area contributed by atoms with Crippen molar-refractivity contribution in [3.05, 3.63) is 66.1 Å². The maximum atomic E-state index is 12.7. The minimum Gasteiger partial charge on any atom is -0.456 e. The van der Waals surface area contributed by atoms with E-state index in [4.69, 9.17) is 16.3 Å². The second-order valence-corrected chi connectivity index (χ2v) is 13.3. The van der Waals surface area contributed by atoms with Gasteiger partial charge >= 0.3 is 0 Å². The minimum atomic E-state index is -3.37. The molecule has 10 nitrogen and oxygen atoms in total. The molecule has 2 heterocycles. The predicted molar refractivity (Wildman–Crippen MR) is 157 cm³/mol. The molecular formula is C29H32ClN5O5S. The summed E-state index contributed by atoms with van der Waals surface area (Å²) in [4.78, 5) is 21.1. The zero-order valence-corrected chi connectivity index (χ0v) is 24.4. The number of nitrogens with one attached hydrogen (secondary N) is 2. The third kappa shape index (κ3) is 7.55. The van der Waals surface area contributed by atoms with E-state index in [1.54, 1.807) is 50.2 Å². The fourth-order valence-electron chi connectivity index (χ4n) is 4.43. The summed E-state index contributed by atoms with van der Waals surface area (Å²) in [6, 6.07) is 13.5. The molecular weight excluding hydrogens is 566 g/mol. The largest absolute Gasteiger partial charge is 0.456 e. The van der Waals surface area contributed by atoms with Crippen molar-refractivity contribution in [1.29, 1.82) is 0 Å². The first-order chi connectivity index (χ1) is 19.5. The number of aliphatic hydroxyl groups is 1. The number of rotatable bonds is 12. The van der Waals surface area contributed by atoms with Crippen molar-refractivity contribution in [2.75, 3.05) is 17.6 Å². The van der Waals surface area contributed by atoms with Gasteiger partial charge in [0.25, 0.3) is 0 Å². The molecule has 1 aliphatic carbocycles. The molecule has 0 bridgehead atoms. The molecule has 0 unspecified atom stereocenters. The number of benzene rings is 2. The highest BCUT2D eigenvalue weighted by atomic mass is 35.5. The van der Waals surface area contributed by atoms with Crippen LogP contribution in [0.25, 0.3) is 11.0 Å². The zero-order valence-electron chi connectivity index (χ0n) is 22.8. The fourth-order valence-corrected chi connectivity index (χ4v) is 6.38. The van der Waals surface area contributed by atoms with E-state index in [1.165, 1.54) is 12.4 Å². The van der Waals surface area contributed by atoms with Crippen LogP contribution in [0, 0.1) is 5.92 Å². The Morgan fingerprint density at radius 3 is 2.71 bits per heavy atom. The molecule has 0 atom stereocenters. The van der Waals surface area contributed by atoms with Gasteiger partial charge in [0.2, 0.25) is 5.91 Å². The van der Waals surface area contributed by atoms with Gasteiger partial charge in [-0.15, -0.1) is 0 Å². The van der Waals surface area contributed by atoms with Crippen LogP contribution in [0.3, 0.4) is 0 Å². The summed E-state index contributed by atoms with van der Waals surface area (Å²) in [6.45, 7) is 4.03. The fraction of sp³-hybridized carbons (Fsp3) is 0.345. The molecule has 0 saturated heterocycles. The summed E-state index contributed by atoms with van der Waals surface area (Å²) in [5.41, 5.74) is 1.07. The topological polar surface area (TPSA) is 135 Å². The van der Waals surface area contributed by atoms with Crippen LogP contribution in [0.5, 0.6) is 11.5 Å². The van der Waals surface area contributed by atoms with Gasteiger partial charge in [-0.3, -0.25) is 4.79 Å². The Labute approximate surface area is 243 Å². The SMILES string of the molecule is CC(C)(O)CC(=O)NCCn1ccc2ncnc(Nc3ccc(Oc4cccc(S(=O)(=O)CC5CC5)c4)c(Cl)c3)c21. The number of carbonyl (C=O) groups excluding carboxylic acids is 1. The van der Waals surface area contributed by atoms with Gasteiger partial charge in [0.05, 0.1) is 33.2 Å². The van der Waals surface area contributed by atoms with E-state index >= 15 is 0 Å². The van der Waals surface area contributed by atoms with Crippen LogP contribution in [-0.4, -0.2) is 51.9 Å². The molecule has 2 aromatic heterocycles. The highest BCUT2D eigenvalue weighted by molar-refractivity contribution is 7.91. The van der Waals surface area contributed by atoms with E-state index in [1.807, 2.05) is 16.8 Å². The molecule has 0 aliphatic heterocycles. The van der Waals surface area contributed by atoms with E-state index < -0.39 is 15.4 Å². The van der Waals surface area contributed by atoms with Crippen molar-refractivity contribution < 1.29 is 23.1 Å². The highest BCUT2D eigenvalue weighted by Gasteiger charge is 2.29. The highest BCUT2D eigenvalue weighted by Crippen LogP contribution is 2.36. The van der Waals surface area contributed by atoms with Crippen LogP contribution < -0.4 is 15.4 Å². The number of amides is 1. The van der Waals surface area contributed by atoms with Crippen LogP contribution >= 0.6 is 11.6 Å². The number of aromatic nitrogens is 3. The lowest BCUT2D eigenvalue weighted by Crippen LogP contribution is -2.33. The van der Waals surface area contributed by atoms with Crippen LogP contribution in [0.1, 0.15) is 33.1 Å². The first-order valence-corrected chi connectivity index (χ1v) is 15.4. The summed E-state index contributed by atoms with van der Waals surface area (Å²) in [7, 11) is -3.37. The Morgan fingerprint density at radius 2 is 1.98 bits per heavy atom. The Bertz CT molecular complexity index is 1680. The Kier molecular flexibility index (Phi) is 8.21. The molecule has 12 heteroatoms. The van der Waals surface area contributed by atoms with Crippen LogP contribution in [-0.2, 0) is 21.2 Å². The molecule has 5 rings (SSSR count). The van der Waals surface area contributed by atoms with Gasteiger partial charge in [-0.2, -0.15) is 0 Å². The second-order valence-electron chi connectivity index (χ2n) is 10.9. The minimum absolute atomic E-state index is 0.0146. The number of fused-ring (bicyclic) bond motifs is 1. The molecule has 216 valence electrons. The lowest BCUT2D eigenvalue weighted by Gasteiger charge is -2.16. The van der Waals surface area contributed by atoms with Crippen molar-refractivity contribution in [2.24, 2.45) is 5.92 Å². The van der Waals surface area contributed by atoms with Crippen molar-refractivity contribution in [3.8, 4) is 11.5 Å². The van der Waals surface area contributed by atoms with Crippen molar-refractivity contribution in [2.45, 2.75) is 50.2 Å². The smallest absolute Gasteiger partial charge is 0.222 e. The number of nitrogens with zero attached hydrogens (tertiary/aromatic N) is 3. The molecule has 41 heavy (non-hydrogen) atoms. The Balaban J connectivity index is 1.28. The van der Waals surface area contributed by atoms with Crippen molar-refractivity contribution >= 4 is 49.9 Å². The Morgan fingerprint density at radius 1 is 1.17 bits per heavy atom. The summed E-state index contributed by atoms with van der Waals surface area (Å²) < 4.78 is 33.2. The average Bonchev–Trinajstić information content (AvgIpc) is 3.60. The Hall–Kier alpha value is -3.67. The van der Waals surface area contributed by atoms with E-state index in [2.05, 4.69) is 20.6 Å². The quantitative estimate of drug-likeness (QED) is 0.206. The van der Waals surface area contributed by atoms with Gasteiger partial charge in [-0.25, -0.2) is 18.4 Å². The summed E-state index contributed by atoms with van der Waals surface area (Å²) >= 11 is 6.55. The number of hydrogen-bond acceptors (Lipinski definition) is 8. The third-order valence-electron chi connectivity index (χ3n) is 6.56. The van der Waals surface area contributed by atoms with Gasteiger partial charge in [-0.1, -0.05) is 17.7 Å². The first kappa shape index (κ1) is 28.8. The number of halogens is 1. The van der Waals surface area contributed by atoms with Crippen molar-refractivity contribution in [3.63, 3.8) is 0 Å². The monoisotopic (exact) mass is 597 g/mol. The molecule has 1 aliphatic rings. The number of carbonyl (C=O) groups is 1. The predicted octanol–water partition coefficient (Wildman–Crippen LogP) is 5.08. The van der Waals surface area contributed by atoms with Gasteiger partial charge in [0.15, 0.2) is 15.7 Å². The maximum Gasteiger partial charge on any atom is 0.222 e. The van der Waals surface area contributed by atoms with E-state index in [0.29, 0.717) is 41.1 Å². The maximum absolute atomic E-state index is 12.7. The molecule has 0 radical (unpaired) electrons. The third-order valence-corrected chi connectivity index (χ3v) is 8.74. The summed E-state index contributed by atoms with van der Waals surface area (Å²) in [5.74, 6) is 1.51. The molecule has 2 aromatic carbocycles. The first-order valence-electron chi connectivity index (χ1n) is 13.3. The molecule has 1 fully saturated rings. The van der Waals surface area contributed by atoms with Gasteiger partial charge in [0.1, 0.15) is 23.3 Å². The molecule has 4 aromatic rings. The van der Waals surface area contributed by atoms with Crippen LogP contribution in [0.4, 0.5) is 11.5 Å². The van der Waals surface area contributed by atoms with Gasteiger partial charge in [0, 0.05) is 25.0 Å². The van der Waals surface area contributed by atoms with Crippen LogP contribution in [0.15, 0.2) is 66.0 Å². The number of sulfone groups is 1. The normalized spacial score (nSPS) is 13.8. The number of hydrogen-bond donors (Lipinski definition) is 3. The second kappa shape index (κ2) is 11.7. The summed E-state index contributed by atoms with van der Waals surface area (Å²) in [5, 5.41) is 16.3. The number of anilines is 2. The van der Waals surface area contributed by atoms with E-state index in [9.17, 15) is 18.3 Å². The molecule has 1 saturated carbocycles. The summed E-state index contributed by atoms with van der Waals surface area (Å²) in [6.07, 6.45) is 5.26. The van der Waals surface area contributed by atoms with Crippen LogP contribution in [0.2, 0.25) is 5.02 Å². The zero-order chi connectivity index (χ0) is 29.2. The molecule has 3 N–H and O–H groups in total. The molecule has 1 amide bonds. The lowest BCUT2D eigenvalue weighted by atomic mass is 10.1. The van der Waals surface area contributed by atoms with E-state index in [0.717, 1.165) is 23.9 Å². The van der Waals surface area contributed by atoms with E-state index in [-0.39, 0.29) is 28.9 Å². The van der Waals surface area contributed by atoms with Crippen molar-refractivity contribution in [1.82, 2.24) is 19.9 Å². The molecule has 0 spiro atoms. The van der Waals surface area contributed by atoms with Gasteiger partial charge in [-0.05, 0) is 75.1 Å². The number of ether oxygens (including phenoxy) is 1. The van der Waals surface area contributed by atoms with Gasteiger partial charge < -0.3 is 25.0 Å². The average molecular weight is 598 g/mol. The standard InChI is InChI=1S/C29H32ClN5O5S/c1-29(2,37)16-26(36)31-11-13-35-12-10-24-27(35)28(33-18-32-24)34-20-8-9-25(23(30)14-20)40-21-4-3-5-22(15-21)41(38,39)17-19-6-7-19/h3-5,8-10,12,14-15,18-19,37H,6-7,11,13,16-17H2,1-2H3,(H,31,36)(H,32,33,34). The lowest BCUT2D eigenvalue weighted by molar-refractivity contribution is -0.124.